The van der Waals surface area contributed by atoms with Gasteiger partial charge in [0.1, 0.15) is 5.82 Å². The first-order chi connectivity index (χ1) is 10.5. The van der Waals surface area contributed by atoms with Gasteiger partial charge in [-0.15, -0.1) is 0 Å². The second-order valence-corrected chi connectivity index (χ2v) is 6.27. The molecule has 0 bridgehead atoms. The fourth-order valence-corrected chi connectivity index (χ4v) is 3.24. The van der Waals surface area contributed by atoms with Crippen LogP contribution in [0.25, 0.3) is 11.1 Å². The fraction of sp³-hybridized carbons (Fsp3) is 0.429. The summed E-state index contributed by atoms with van der Waals surface area (Å²) in [7, 11) is 0. The molecule has 1 heteroatoms. The summed E-state index contributed by atoms with van der Waals surface area (Å²) in [5.41, 5.74) is 8.67. The van der Waals surface area contributed by atoms with Crippen molar-refractivity contribution in [3.8, 4) is 11.1 Å². The maximum absolute atomic E-state index is 14.1. The van der Waals surface area contributed by atoms with E-state index in [0.29, 0.717) is 0 Å². The molecule has 0 heterocycles. The van der Waals surface area contributed by atoms with Crippen LogP contribution in [0.4, 0.5) is 4.39 Å². The molecule has 0 saturated carbocycles. The second kappa shape index (κ2) is 7.09. The molecule has 118 valence electrons. The molecule has 0 saturated heterocycles. The van der Waals surface area contributed by atoms with Crippen LogP contribution in [0, 0.1) is 26.6 Å². The Labute approximate surface area is 134 Å². The Morgan fingerprint density at radius 2 is 1.50 bits per heavy atom. The third-order valence-electron chi connectivity index (χ3n) is 4.66. The minimum absolute atomic E-state index is 0.121. The van der Waals surface area contributed by atoms with Gasteiger partial charge in [-0.2, -0.15) is 0 Å². The van der Waals surface area contributed by atoms with E-state index < -0.39 is 0 Å². The predicted molar refractivity (Wildman–Crippen MR) is 94.0 cm³/mol. The van der Waals surface area contributed by atoms with E-state index in [4.69, 9.17) is 0 Å². The van der Waals surface area contributed by atoms with E-state index in [1.807, 2.05) is 0 Å². The molecule has 0 amide bonds. The first-order valence-electron chi connectivity index (χ1n) is 8.38. The maximum Gasteiger partial charge on any atom is 0.124 e. The Balaban J connectivity index is 2.68. The van der Waals surface area contributed by atoms with Gasteiger partial charge in [-0.3, -0.25) is 0 Å². The summed E-state index contributed by atoms with van der Waals surface area (Å²) in [6, 6.07) is 7.74. The van der Waals surface area contributed by atoms with E-state index >= 15 is 0 Å². The Kier molecular flexibility index (Phi) is 5.39. The molecule has 22 heavy (non-hydrogen) atoms. The zero-order valence-corrected chi connectivity index (χ0v) is 14.5. The number of aryl methyl sites for hydroxylation is 2. The Morgan fingerprint density at radius 1 is 0.818 bits per heavy atom. The highest BCUT2D eigenvalue weighted by molar-refractivity contribution is 5.73. The molecule has 0 atom stereocenters. The van der Waals surface area contributed by atoms with Crippen molar-refractivity contribution in [1.29, 1.82) is 0 Å². The van der Waals surface area contributed by atoms with Crippen LogP contribution >= 0.6 is 0 Å². The van der Waals surface area contributed by atoms with Crippen molar-refractivity contribution in [2.75, 3.05) is 0 Å². The molecule has 0 aliphatic carbocycles. The van der Waals surface area contributed by atoms with Gasteiger partial charge >= 0.3 is 0 Å². The van der Waals surface area contributed by atoms with Gasteiger partial charge in [-0.1, -0.05) is 38.8 Å². The minimum atomic E-state index is -0.121. The molecule has 0 aliphatic rings. The van der Waals surface area contributed by atoms with Crippen LogP contribution in [-0.4, -0.2) is 0 Å². The van der Waals surface area contributed by atoms with Crippen LogP contribution in [0.2, 0.25) is 0 Å². The van der Waals surface area contributed by atoms with Gasteiger partial charge < -0.3 is 0 Å². The van der Waals surface area contributed by atoms with E-state index in [0.717, 1.165) is 36.8 Å². The van der Waals surface area contributed by atoms with Crippen molar-refractivity contribution in [2.24, 2.45) is 0 Å². The van der Waals surface area contributed by atoms with E-state index in [1.54, 1.807) is 12.1 Å². The highest BCUT2D eigenvalue weighted by atomic mass is 19.1. The van der Waals surface area contributed by atoms with E-state index in [9.17, 15) is 4.39 Å². The van der Waals surface area contributed by atoms with Crippen LogP contribution in [-0.2, 0) is 12.8 Å². The van der Waals surface area contributed by atoms with Crippen molar-refractivity contribution in [2.45, 2.75) is 60.3 Å². The van der Waals surface area contributed by atoms with Gasteiger partial charge in [-0.05, 0) is 84.7 Å². The Hall–Kier alpha value is -1.63. The first-order valence-corrected chi connectivity index (χ1v) is 8.38. The standard InChI is InChI=1S/C21H27F/c1-6-8-17-12-18(22)13-21(16(17)5)20-11-10-14(3)15(4)19(20)9-7-2/h10-13H,6-9H2,1-5H3. The first kappa shape index (κ1) is 16.7. The number of hydrogen-bond donors (Lipinski definition) is 0. The SMILES string of the molecule is CCCc1cc(F)cc(-c2ccc(C)c(C)c2CCC)c1C. The van der Waals surface area contributed by atoms with E-state index in [1.165, 1.54) is 27.8 Å². The molecule has 2 aromatic carbocycles. The van der Waals surface area contributed by atoms with Crippen molar-refractivity contribution >= 4 is 0 Å². The molecular weight excluding hydrogens is 271 g/mol. The van der Waals surface area contributed by atoms with Crippen LogP contribution in [0.1, 0.15) is 54.5 Å². The lowest BCUT2D eigenvalue weighted by Gasteiger charge is -2.18. The number of hydrogen-bond acceptors (Lipinski definition) is 0. The predicted octanol–water partition coefficient (Wildman–Crippen LogP) is 6.32. The van der Waals surface area contributed by atoms with Crippen molar-refractivity contribution in [3.05, 3.63) is 57.9 Å². The summed E-state index contributed by atoms with van der Waals surface area (Å²) in [4.78, 5) is 0. The third kappa shape index (κ3) is 3.24. The Bertz CT molecular complexity index is 668. The van der Waals surface area contributed by atoms with Crippen LogP contribution in [0.15, 0.2) is 24.3 Å². The van der Waals surface area contributed by atoms with E-state index in [-0.39, 0.29) is 5.82 Å². The summed E-state index contributed by atoms with van der Waals surface area (Å²) < 4.78 is 14.1. The smallest absolute Gasteiger partial charge is 0.124 e. The molecule has 0 aromatic heterocycles. The van der Waals surface area contributed by atoms with Gasteiger partial charge in [0.05, 0.1) is 0 Å². The quantitative estimate of drug-likeness (QED) is 0.605. The van der Waals surface area contributed by atoms with Crippen LogP contribution < -0.4 is 0 Å². The summed E-state index contributed by atoms with van der Waals surface area (Å²) in [5.74, 6) is -0.121. The lowest BCUT2D eigenvalue weighted by Crippen LogP contribution is -2.00. The van der Waals surface area contributed by atoms with Crippen LogP contribution in [0.3, 0.4) is 0 Å². The average Bonchev–Trinajstić information content (AvgIpc) is 2.48. The lowest BCUT2D eigenvalue weighted by molar-refractivity contribution is 0.625. The highest BCUT2D eigenvalue weighted by Gasteiger charge is 2.14. The summed E-state index contributed by atoms with van der Waals surface area (Å²) in [5, 5.41) is 0. The largest absolute Gasteiger partial charge is 0.207 e. The molecule has 0 unspecified atom stereocenters. The normalized spacial score (nSPS) is 11.0. The molecule has 0 fully saturated rings. The summed E-state index contributed by atoms with van der Waals surface area (Å²) >= 11 is 0. The van der Waals surface area contributed by atoms with Crippen LogP contribution in [0.5, 0.6) is 0 Å². The molecule has 0 N–H and O–H groups in total. The monoisotopic (exact) mass is 298 g/mol. The van der Waals surface area contributed by atoms with E-state index in [2.05, 4.69) is 46.8 Å². The molecule has 0 aliphatic heterocycles. The second-order valence-electron chi connectivity index (χ2n) is 6.27. The zero-order chi connectivity index (χ0) is 16.3. The number of rotatable bonds is 5. The highest BCUT2D eigenvalue weighted by Crippen LogP contribution is 2.33. The summed E-state index contributed by atoms with van der Waals surface area (Å²) in [6.45, 7) is 10.8. The Morgan fingerprint density at radius 3 is 2.14 bits per heavy atom. The minimum Gasteiger partial charge on any atom is -0.207 e. The van der Waals surface area contributed by atoms with Crippen molar-refractivity contribution < 1.29 is 4.39 Å². The summed E-state index contributed by atoms with van der Waals surface area (Å²) in [6.07, 6.45) is 4.12. The topological polar surface area (TPSA) is 0 Å². The number of benzene rings is 2. The van der Waals surface area contributed by atoms with Gasteiger partial charge in [0.25, 0.3) is 0 Å². The third-order valence-corrected chi connectivity index (χ3v) is 4.66. The maximum atomic E-state index is 14.1. The van der Waals surface area contributed by atoms with Gasteiger partial charge in [0.2, 0.25) is 0 Å². The van der Waals surface area contributed by atoms with Gasteiger partial charge in [-0.25, -0.2) is 4.39 Å². The molecule has 2 rings (SSSR count). The lowest BCUT2D eigenvalue weighted by atomic mass is 9.87. The number of halogens is 1. The van der Waals surface area contributed by atoms with Gasteiger partial charge in [0.15, 0.2) is 0 Å². The molecule has 2 aromatic rings. The molecule has 0 radical (unpaired) electrons. The van der Waals surface area contributed by atoms with Gasteiger partial charge in [0, 0.05) is 0 Å². The zero-order valence-electron chi connectivity index (χ0n) is 14.5. The average molecular weight is 298 g/mol. The van der Waals surface area contributed by atoms with Crippen molar-refractivity contribution in [3.63, 3.8) is 0 Å². The molecular formula is C21H27F. The molecule has 0 spiro atoms. The molecule has 0 nitrogen and oxygen atoms in total. The fourth-order valence-electron chi connectivity index (χ4n) is 3.24. The van der Waals surface area contributed by atoms with Crippen molar-refractivity contribution in [1.82, 2.24) is 0 Å².